The van der Waals surface area contributed by atoms with Gasteiger partial charge in [0.05, 0.1) is 0 Å². The summed E-state index contributed by atoms with van der Waals surface area (Å²) in [5.74, 6) is 1.67. The van der Waals surface area contributed by atoms with E-state index in [0.29, 0.717) is 0 Å². The van der Waals surface area contributed by atoms with E-state index in [0.717, 1.165) is 11.8 Å². The molecule has 0 aromatic rings. The van der Waals surface area contributed by atoms with Gasteiger partial charge in [0.1, 0.15) is 0 Å². The van der Waals surface area contributed by atoms with Gasteiger partial charge in [-0.15, -0.1) is 0 Å². The minimum absolute atomic E-state index is 0.783. The molecule has 0 N–H and O–H groups in total. The molecule has 1 nitrogen and oxygen atoms in total. The molecule has 0 aliphatic carbocycles. The third kappa shape index (κ3) is 2.25. The molecule has 64 valence electrons. The standard InChI is InChI=1S/C10H19N/c1-4-5-10-8-11(3)7-6-9(10)2/h6-7,9-10H,4-5,8H2,1-3H3/t9?,10-/m0/s1. The summed E-state index contributed by atoms with van der Waals surface area (Å²) >= 11 is 0. The first-order chi connectivity index (χ1) is 5.24. The van der Waals surface area contributed by atoms with E-state index in [4.69, 9.17) is 0 Å². The molecule has 1 unspecified atom stereocenters. The zero-order valence-corrected chi connectivity index (χ0v) is 7.88. The Morgan fingerprint density at radius 1 is 1.55 bits per heavy atom. The molecule has 1 aliphatic heterocycles. The Hall–Kier alpha value is -0.460. The number of hydrogen-bond donors (Lipinski definition) is 0. The van der Waals surface area contributed by atoms with Crippen LogP contribution in [-0.4, -0.2) is 18.5 Å². The van der Waals surface area contributed by atoms with Crippen molar-refractivity contribution in [3.63, 3.8) is 0 Å². The lowest BCUT2D eigenvalue weighted by atomic mass is 9.87. The van der Waals surface area contributed by atoms with Crippen LogP contribution in [0.1, 0.15) is 26.7 Å². The lowest BCUT2D eigenvalue weighted by molar-refractivity contribution is 0.265. The second-order valence-corrected chi connectivity index (χ2v) is 3.69. The SMILES string of the molecule is CCC[C@H]1CN(C)C=CC1C. The summed E-state index contributed by atoms with van der Waals surface area (Å²) in [7, 11) is 2.16. The molecule has 2 atom stereocenters. The minimum Gasteiger partial charge on any atom is -0.380 e. The van der Waals surface area contributed by atoms with E-state index in [1.165, 1.54) is 19.4 Å². The van der Waals surface area contributed by atoms with E-state index < -0.39 is 0 Å². The second-order valence-electron chi connectivity index (χ2n) is 3.69. The van der Waals surface area contributed by atoms with E-state index in [1.807, 2.05) is 0 Å². The third-order valence-corrected chi connectivity index (χ3v) is 2.57. The summed E-state index contributed by atoms with van der Waals surface area (Å²) in [4.78, 5) is 2.29. The van der Waals surface area contributed by atoms with Crippen molar-refractivity contribution in [1.82, 2.24) is 4.90 Å². The molecule has 0 amide bonds. The Bertz CT molecular complexity index is 140. The van der Waals surface area contributed by atoms with Crippen LogP contribution in [0.5, 0.6) is 0 Å². The molecule has 0 radical (unpaired) electrons. The highest BCUT2D eigenvalue weighted by molar-refractivity contribution is 4.94. The largest absolute Gasteiger partial charge is 0.380 e. The fourth-order valence-electron chi connectivity index (χ4n) is 1.76. The van der Waals surface area contributed by atoms with Crippen molar-refractivity contribution in [2.75, 3.05) is 13.6 Å². The summed E-state index contributed by atoms with van der Waals surface area (Å²) in [5, 5.41) is 0. The van der Waals surface area contributed by atoms with Gasteiger partial charge >= 0.3 is 0 Å². The lowest BCUT2D eigenvalue weighted by Crippen LogP contribution is -2.29. The van der Waals surface area contributed by atoms with E-state index >= 15 is 0 Å². The predicted molar refractivity (Wildman–Crippen MR) is 49.3 cm³/mol. The molecule has 0 saturated heterocycles. The van der Waals surface area contributed by atoms with Crippen molar-refractivity contribution < 1.29 is 0 Å². The monoisotopic (exact) mass is 153 g/mol. The van der Waals surface area contributed by atoms with Gasteiger partial charge in [0, 0.05) is 13.6 Å². The van der Waals surface area contributed by atoms with Crippen LogP contribution in [0.2, 0.25) is 0 Å². The maximum absolute atomic E-state index is 2.32. The third-order valence-electron chi connectivity index (χ3n) is 2.57. The van der Waals surface area contributed by atoms with Crippen LogP contribution in [0.15, 0.2) is 12.3 Å². The van der Waals surface area contributed by atoms with Crippen molar-refractivity contribution in [3.8, 4) is 0 Å². The van der Waals surface area contributed by atoms with Crippen LogP contribution in [0, 0.1) is 11.8 Å². The maximum atomic E-state index is 2.32. The quantitative estimate of drug-likeness (QED) is 0.589. The Kier molecular flexibility index (Phi) is 2.98. The number of nitrogens with zero attached hydrogens (tertiary/aromatic N) is 1. The molecular weight excluding hydrogens is 134 g/mol. The van der Waals surface area contributed by atoms with Gasteiger partial charge in [0.15, 0.2) is 0 Å². The maximum Gasteiger partial charge on any atom is 0.0203 e. The highest BCUT2D eigenvalue weighted by Crippen LogP contribution is 2.23. The van der Waals surface area contributed by atoms with Crippen LogP contribution < -0.4 is 0 Å². The first-order valence-corrected chi connectivity index (χ1v) is 4.62. The van der Waals surface area contributed by atoms with Gasteiger partial charge in [-0.1, -0.05) is 26.3 Å². The summed E-state index contributed by atoms with van der Waals surface area (Å²) < 4.78 is 0. The highest BCUT2D eigenvalue weighted by Gasteiger charge is 2.18. The summed E-state index contributed by atoms with van der Waals surface area (Å²) in [6.07, 6.45) is 7.22. The zero-order chi connectivity index (χ0) is 8.27. The molecule has 0 saturated carbocycles. The van der Waals surface area contributed by atoms with Gasteiger partial charge in [-0.3, -0.25) is 0 Å². The van der Waals surface area contributed by atoms with E-state index in [-0.39, 0.29) is 0 Å². The van der Waals surface area contributed by atoms with Crippen molar-refractivity contribution in [1.29, 1.82) is 0 Å². The Morgan fingerprint density at radius 3 is 2.91 bits per heavy atom. The summed E-state index contributed by atoms with van der Waals surface area (Å²) in [5.41, 5.74) is 0. The molecule has 0 fully saturated rings. The zero-order valence-electron chi connectivity index (χ0n) is 7.88. The molecule has 1 heterocycles. The number of allylic oxidation sites excluding steroid dienone is 1. The first-order valence-electron chi connectivity index (χ1n) is 4.62. The molecule has 0 spiro atoms. The normalized spacial score (nSPS) is 31.0. The second kappa shape index (κ2) is 3.80. The van der Waals surface area contributed by atoms with Gasteiger partial charge in [0.25, 0.3) is 0 Å². The van der Waals surface area contributed by atoms with E-state index in [2.05, 4.69) is 38.1 Å². The molecule has 0 aromatic heterocycles. The average Bonchev–Trinajstić information content (AvgIpc) is 1.98. The van der Waals surface area contributed by atoms with Gasteiger partial charge in [-0.2, -0.15) is 0 Å². The summed E-state index contributed by atoms with van der Waals surface area (Å²) in [6, 6.07) is 0. The van der Waals surface area contributed by atoms with Gasteiger partial charge in [0.2, 0.25) is 0 Å². The van der Waals surface area contributed by atoms with Crippen LogP contribution in [0.25, 0.3) is 0 Å². The minimum atomic E-state index is 0.783. The smallest absolute Gasteiger partial charge is 0.0203 e. The number of rotatable bonds is 2. The Balaban J connectivity index is 2.46. The summed E-state index contributed by atoms with van der Waals surface area (Å²) in [6.45, 7) is 5.83. The molecule has 11 heavy (non-hydrogen) atoms. The number of hydrogen-bond acceptors (Lipinski definition) is 1. The highest BCUT2D eigenvalue weighted by atomic mass is 15.1. The van der Waals surface area contributed by atoms with Crippen LogP contribution in [0.4, 0.5) is 0 Å². The molecule has 1 heteroatoms. The Labute approximate surface area is 70.1 Å². The molecule has 1 aliphatic rings. The van der Waals surface area contributed by atoms with E-state index in [1.54, 1.807) is 0 Å². The van der Waals surface area contributed by atoms with Crippen LogP contribution >= 0.6 is 0 Å². The molecular formula is C10H19N. The predicted octanol–water partition coefficient (Wildman–Crippen LogP) is 2.50. The molecule has 0 bridgehead atoms. The molecule has 0 aromatic carbocycles. The van der Waals surface area contributed by atoms with Gasteiger partial charge < -0.3 is 4.90 Å². The van der Waals surface area contributed by atoms with Gasteiger partial charge in [-0.25, -0.2) is 0 Å². The average molecular weight is 153 g/mol. The fraction of sp³-hybridized carbons (Fsp3) is 0.800. The molecule has 1 rings (SSSR count). The fourth-order valence-corrected chi connectivity index (χ4v) is 1.76. The van der Waals surface area contributed by atoms with Crippen molar-refractivity contribution >= 4 is 0 Å². The van der Waals surface area contributed by atoms with Crippen molar-refractivity contribution in [3.05, 3.63) is 12.3 Å². The topological polar surface area (TPSA) is 3.24 Å². The first kappa shape index (κ1) is 8.63. The van der Waals surface area contributed by atoms with Gasteiger partial charge in [-0.05, 0) is 24.5 Å². The van der Waals surface area contributed by atoms with Crippen LogP contribution in [-0.2, 0) is 0 Å². The van der Waals surface area contributed by atoms with Crippen molar-refractivity contribution in [2.24, 2.45) is 11.8 Å². The lowest BCUT2D eigenvalue weighted by Gasteiger charge is -2.30. The van der Waals surface area contributed by atoms with Crippen LogP contribution in [0.3, 0.4) is 0 Å². The van der Waals surface area contributed by atoms with Crippen molar-refractivity contribution in [2.45, 2.75) is 26.7 Å². The van der Waals surface area contributed by atoms with E-state index in [9.17, 15) is 0 Å². The Morgan fingerprint density at radius 2 is 2.27 bits per heavy atom.